The van der Waals surface area contributed by atoms with Crippen LogP contribution >= 0.6 is 0 Å². The van der Waals surface area contributed by atoms with Crippen molar-refractivity contribution in [1.29, 1.82) is 0 Å². The van der Waals surface area contributed by atoms with E-state index in [1.165, 1.54) is 12.1 Å². The number of morpholine rings is 1. The zero-order valence-electron chi connectivity index (χ0n) is 9.15. The summed E-state index contributed by atoms with van der Waals surface area (Å²) >= 11 is 0. The highest BCUT2D eigenvalue weighted by Crippen LogP contribution is 2.22. The van der Waals surface area contributed by atoms with Crippen LogP contribution in [-0.2, 0) is 9.53 Å². The van der Waals surface area contributed by atoms with Crippen LogP contribution in [0.1, 0.15) is 18.6 Å². The zero-order chi connectivity index (χ0) is 11.5. The van der Waals surface area contributed by atoms with Crippen LogP contribution in [0.15, 0.2) is 24.3 Å². The van der Waals surface area contributed by atoms with E-state index in [1.807, 2.05) is 0 Å². The van der Waals surface area contributed by atoms with Crippen LogP contribution in [0.25, 0.3) is 0 Å². The van der Waals surface area contributed by atoms with Crippen LogP contribution < -0.4 is 0 Å². The molecule has 0 spiro atoms. The molecule has 0 saturated carbocycles. The summed E-state index contributed by atoms with van der Waals surface area (Å²) in [5, 5.41) is 0. The Balaban J connectivity index is 2.09. The fourth-order valence-electron chi connectivity index (χ4n) is 1.81. The van der Waals surface area contributed by atoms with Gasteiger partial charge in [-0.3, -0.25) is 4.79 Å². The molecule has 1 fully saturated rings. The van der Waals surface area contributed by atoms with Crippen molar-refractivity contribution in [2.75, 3.05) is 19.7 Å². The monoisotopic (exact) mass is 223 g/mol. The highest BCUT2D eigenvalue weighted by molar-refractivity contribution is 5.73. The van der Waals surface area contributed by atoms with Crippen LogP contribution in [0, 0.1) is 5.82 Å². The maximum Gasteiger partial charge on any atom is 0.219 e. The number of amides is 1. The molecule has 1 heterocycles. The molecule has 0 aromatic heterocycles. The van der Waals surface area contributed by atoms with Crippen molar-refractivity contribution < 1.29 is 13.9 Å². The van der Waals surface area contributed by atoms with Gasteiger partial charge in [0.2, 0.25) is 5.91 Å². The van der Waals surface area contributed by atoms with Crippen LogP contribution in [0.5, 0.6) is 0 Å². The SMILES string of the molecule is CC(=O)N1CCO[C@H](c2ccc(F)cc2)C1. The second-order valence-corrected chi connectivity index (χ2v) is 3.88. The number of ether oxygens (including phenoxy) is 1. The minimum Gasteiger partial charge on any atom is -0.370 e. The maximum absolute atomic E-state index is 12.8. The average molecular weight is 223 g/mol. The standard InChI is InChI=1S/C12H14FNO2/c1-9(15)14-6-7-16-12(8-14)10-2-4-11(13)5-3-10/h2-5,12H,6-8H2,1H3/t12-/m0/s1. The van der Waals surface area contributed by atoms with E-state index in [0.29, 0.717) is 19.7 Å². The second-order valence-electron chi connectivity index (χ2n) is 3.88. The molecule has 3 nitrogen and oxygen atoms in total. The smallest absolute Gasteiger partial charge is 0.219 e. The van der Waals surface area contributed by atoms with Crippen molar-refractivity contribution in [2.24, 2.45) is 0 Å². The van der Waals surface area contributed by atoms with Crippen molar-refractivity contribution >= 4 is 5.91 Å². The minimum absolute atomic E-state index is 0.0513. The largest absolute Gasteiger partial charge is 0.370 e. The first-order valence-corrected chi connectivity index (χ1v) is 5.29. The van der Waals surface area contributed by atoms with Gasteiger partial charge in [0.1, 0.15) is 11.9 Å². The lowest BCUT2D eigenvalue weighted by Crippen LogP contribution is -2.41. The first-order chi connectivity index (χ1) is 7.66. The summed E-state index contributed by atoms with van der Waals surface area (Å²) in [5.41, 5.74) is 0.910. The van der Waals surface area contributed by atoms with Crippen molar-refractivity contribution in [3.63, 3.8) is 0 Å². The summed E-state index contributed by atoms with van der Waals surface area (Å²) in [6.07, 6.45) is -0.141. The third kappa shape index (κ3) is 2.39. The molecule has 0 N–H and O–H groups in total. The van der Waals surface area contributed by atoms with Gasteiger partial charge in [-0.25, -0.2) is 4.39 Å². The molecular weight excluding hydrogens is 209 g/mol. The molecule has 1 aliphatic heterocycles. The molecule has 1 aliphatic rings. The lowest BCUT2D eigenvalue weighted by molar-refractivity contribution is -0.136. The third-order valence-electron chi connectivity index (χ3n) is 2.75. The van der Waals surface area contributed by atoms with Gasteiger partial charge in [0.25, 0.3) is 0 Å². The molecule has 0 radical (unpaired) electrons. The summed E-state index contributed by atoms with van der Waals surface area (Å²) in [6, 6.07) is 6.21. The van der Waals surface area contributed by atoms with Gasteiger partial charge in [-0.15, -0.1) is 0 Å². The minimum atomic E-state index is -0.261. The van der Waals surface area contributed by atoms with Gasteiger partial charge in [-0.05, 0) is 17.7 Å². The van der Waals surface area contributed by atoms with E-state index >= 15 is 0 Å². The second kappa shape index (κ2) is 4.61. The molecule has 16 heavy (non-hydrogen) atoms. The molecule has 86 valence electrons. The zero-order valence-corrected chi connectivity index (χ0v) is 9.15. The summed E-state index contributed by atoms with van der Waals surface area (Å²) in [5.74, 6) is -0.210. The van der Waals surface area contributed by atoms with Gasteiger partial charge in [-0.2, -0.15) is 0 Å². The number of hydrogen-bond donors (Lipinski definition) is 0. The molecule has 1 atom stereocenters. The number of nitrogens with zero attached hydrogens (tertiary/aromatic N) is 1. The van der Waals surface area contributed by atoms with Gasteiger partial charge >= 0.3 is 0 Å². The molecule has 0 unspecified atom stereocenters. The Kier molecular flexibility index (Phi) is 3.19. The van der Waals surface area contributed by atoms with Crippen LogP contribution in [0.2, 0.25) is 0 Å². The van der Waals surface area contributed by atoms with Gasteiger partial charge in [-0.1, -0.05) is 12.1 Å². The van der Waals surface area contributed by atoms with E-state index in [9.17, 15) is 9.18 Å². The molecular formula is C12H14FNO2. The number of carbonyl (C=O) groups is 1. The Labute approximate surface area is 93.8 Å². The molecule has 0 aliphatic carbocycles. The van der Waals surface area contributed by atoms with E-state index < -0.39 is 0 Å². The summed E-state index contributed by atoms with van der Waals surface area (Å²) in [4.78, 5) is 13.0. The molecule has 1 aromatic rings. The highest BCUT2D eigenvalue weighted by atomic mass is 19.1. The third-order valence-corrected chi connectivity index (χ3v) is 2.75. The molecule has 1 saturated heterocycles. The number of hydrogen-bond acceptors (Lipinski definition) is 2. The van der Waals surface area contributed by atoms with Gasteiger partial charge in [0, 0.05) is 13.5 Å². The first kappa shape index (κ1) is 11.1. The van der Waals surface area contributed by atoms with Gasteiger partial charge in [0.05, 0.1) is 13.2 Å². The fourth-order valence-corrected chi connectivity index (χ4v) is 1.81. The van der Waals surface area contributed by atoms with E-state index in [4.69, 9.17) is 4.74 Å². The number of rotatable bonds is 1. The lowest BCUT2D eigenvalue weighted by Gasteiger charge is -2.32. The van der Waals surface area contributed by atoms with E-state index in [2.05, 4.69) is 0 Å². The predicted octanol–water partition coefficient (Wildman–Crippen LogP) is 1.75. The lowest BCUT2D eigenvalue weighted by atomic mass is 10.1. The summed E-state index contributed by atoms with van der Waals surface area (Å²) < 4.78 is 18.3. The Morgan fingerprint density at radius 3 is 2.75 bits per heavy atom. The van der Waals surface area contributed by atoms with Crippen LogP contribution in [0.4, 0.5) is 4.39 Å². The summed E-state index contributed by atoms with van der Waals surface area (Å²) in [6.45, 7) is 3.25. The molecule has 1 aromatic carbocycles. The Morgan fingerprint density at radius 1 is 1.44 bits per heavy atom. The van der Waals surface area contributed by atoms with Crippen molar-refractivity contribution in [2.45, 2.75) is 13.0 Å². The fraction of sp³-hybridized carbons (Fsp3) is 0.417. The Bertz CT molecular complexity index is 377. The Hall–Kier alpha value is -1.42. The molecule has 1 amide bonds. The average Bonchev–Trinajstić information content (AvgIpc) is 2.30. The van der Waals surface area contributed by atoms with Crippen molar-refractivity contribution in [3.05, 3.63) is 35.6 Å². The molecule has 2 rings (SSSR count). The first-order valence-electron chi connectivity index (χ1n) is 5.29. The van der Waals surface area contributed by atoms with Crippen molar-refractivity contribution in [3.8, 4) is 0 Å². The maximum atomic E-state index is 12.8. The van der Waals surface area contributed by atoms with E-state index in [1.54, 1.807) is 24.0 Å². The molecule has 4 heteroatoms. The number of halogens is 1. The van der Waals surface area contributed by atoms with Crippen LogP contribution in [0.3, 0.4) is 0 Å². The topological polar surface area (TPSA) is 29.5 Å². The highest BCUT2D eigenvalue weighted by Gasteiger charge is 2.23. The number of carbonyl (C=O) groups excluding carboxylic acids is 1. The Morgan fingerprint density at radius 2 is 2.12 bits per heavy atom. The molecule has 0 bridgehead atoms. The van der Waals surface area contributed by atoms with E-state index in [-0.39, 0.29) is 17.8 Å². The van der Waals surface area contributed by atoms with Gasteiger partial charge in [0.15, 0.2) is 0 Å². The van der Waals surface area contributed by atoms with Crippen molar-refractivity contribution in [1.82, 2.24) is 4.90 Å². The summed E-state index contributed by atoms with van der Waals surface area (Å²) in [7, 11) is 0. The normalized spacial score (nSPS) is 20.9. The van der Waals surface area contributed by atoms with Gasteiger partial charge < -0.3 is 9.64 Å². The quantitative estimate of drug-likeness (QED) is 0.725. The van der Waals surface area contributed by atoms with E-state index in [0.717, 1.165) is 5.56 Å². The predicted molar refractivity (Wildman–Crippen MR) is 57.3 cm³/mol. The number of benzene rings is 1. The van der Waals surface area contributed by atoms with Crippen LogP contribution in [-0.4, -0.2) is 30.5 Å².